The summed E-state index contributed by atoms with van der Waals surface area (Å²) in [5.41, 5.74) is 6.85. The topological polar surface area (TPSA) is 55.0 Å². The highest BCUT2D eigenvalue weighted by Gasteiger charge is 2.08. The molecule has 88 valence electrons. The van der Waals surface area contributed by atoms with E-state index in [4.69, 9.17) is 5.73 Å². The number of aromatic nitrogens is 2. The van der Waals surface area contributed by atoms with Crippen molar-refractivity contribution in [2.45, 2.75) is 6.54 Å². The lowest BCUT2D eigenvalue weighted by molar-refractivity contribution is 0.758. The number of hydrogen-bond donors (Lipinski definition) is 1. The molecule has 0 amide bonds. The molecule has 0 spiro atoms. The Kier molecular flexibility index (Phi) is 4.05. The van der Waals surface area contributed by atoms with Crippen LogP contribution in [0, 0.1) is 0 Å². The Hall–Kier alpha value is -1.94. The molecule has 17 heavy (non-hydrogen) atoms. The molecular formula is C13H16N4. The second-order valence-electron chi connectivity index (χ2n) is 3.74. The van der Waals surface area contributed by atoms with Crippen LogP contribution in [0.25, 0.3) is 0 Å². The van der Waals surface area contributed by atoms with Gasteiger partial charge in [0.2, 0.25) is 5.95 Å². The Morgan fingerprint density at radius 3 is 2.35 bits per heavy atom. The number of hydrogen-bond acceptors (Lipinski definition) is 4. The molecular weight excluding hydrogens is 212 g/mol. The molecule has 0 unspecified atom stereocenters. The molecule has 1 heterocycles. The van der Waals surface area contributed by atoms with Crippen LogP contribution in [0.3, 0.4) is 0 Å². The molecule has 4 nitrogen and oxygen atoms in total. The Balaban J connectivity index is 2.13. The molecule has 1 aromatic carbocycles. The average molecular weight is 228 g/mol. The van der Waals surface area contributed by atoms with Crippen LogP contribution in [-0.4, -0.2) is 23.1 Å². The van der Waals surface area contributed by atoms with Crippen molar-refractivity contribution in [3.8, 4) is 0 Å². The summed E-state index contributed by atoms with van der Waals surface area (Å²) in [7, 11) is 0. The molecule has 0 aliphatic carbocycles. The van der Waals surface area contributed by atoms with Crippen LogP contribution in [0.5, 0.6) is 0 Å². The first-order valence-corrected chi connectivity index (χ1v) is 5.66. The van der Waals surface area contributed by atoms with Crippen LogP contribution in [0.1, 0.15) is 5.56 Å². The Bertz CT molecular complexity index is 430. The molecule has 4 heteroatoms. The van der Waals surface area contributed by atoms with Crippen LogP contribution in [-0.2, 0) is 6.54 Å². The number of nitrogens with two attached hydrogens (primary N) is 1. The lowest BCUT2D eigenvalue weighted by Crippen LogP contribution is -2.30. The van der Waals surface area contributed by atoms with Gasteiger partial charge in [-0.2, -0.15) is 0 Å². The lowest BCUT2D eigenvalue weighted by Gasteiger charge is -2.21. The van der Waals surface area contributed by atoms with Gasteiger partial charge in [0.15, 0.2) is 0 Å². The molecule has 2 rings (SSSR count). The first kappa shape index (κ1) is 11.5. The fourth-order valence-electron chi connectivity index (χ4n) is 1.66. The van der Waals surface area contributed by atoms with Gasteiger partial charge in [-0.3, -0.25) is 0 Å². The van der Waals surface area contributed by atoms with Crippen LogP contribution >= 0.6 is 0 Å². The van der Waals surface area contributed by atoms with Crippen LogP contribution < -0.4 is 10.6 Å². The molecule has 0 fully saturated rings. The Morgan fingerprint density at radius 2 is 1.71 bits per heavy atom. The maximum Gasteiger partial charge on any atom is 0.225 e. The minimum Gasteiger partial charge on any atom is -0.335 e. The highest BCUT2D eigenvalue weighted by Crippen LogP contribution is 2.10. The largest absolute Gasteiger partial charge is 0.335 e. The summed E-state index contributed by atoms with van der Waals surface area (Å²) in [4.78, 5) is 10.6. The first-order chi connectivity index (χ1) is 8.40. The average Bonchev–Trinajstić information content (AvgIpc) is 2.40. The van der Waals surface area contributed by atoms with Crippen molar-refractivity contribution in [1.82, 2.24) is 9.97 Å². The van der Waals surface area contributed by atoms with E-state index in [2.05, 4.69) is 27.0 Å². The van der Waals surface area contributed by atoms with Crippen molar-refractivity contribution in [2.75, 3.05) is 18.0 Å². The fourth-order valence-corrected chi connectivity index (χ4v) is 1.66. The van der Waals surface area contributed by atoms with Crippen molar-refractivity contribution in [1.29, 1.82) is 0 Å². The van der Waals surface area contributed by atoms with Crippen molar-refractivity contribution in [2.24, 2.45) is 5.73 Å². The van der Waals surface area contributed by atoms with Crippen molar-refractivity contribution < 1.29 is 0 Å². The van der Waals surface area contributed by atoms with Gasteiger partial charge in [0.25, 0.3) is 0 Å². The van der Waals surface area contributed by atoms with Gasteiger partial charge in [0.05, 0.1) is 0 Å². The smallest absolute Gasteiger partial charge is 0.225 e. The van der Waals surface area contributed by atoms with E-state index in [1.807, 2.05) is 24.3 Å². The summed E-state index contributed by atoms with van der Waals surface area (Å²) in [6.45, 7) is 2.12. The summed E-state index contributed by atoms with van der Waals surface area (Å²) in [5.74, 6) is 0.724. The molecule has 0 saturated carbocycles. The molecule has 0 saturated heterocycles. The molecule has 1 aromatic heterocycles. The van der Waals surface area contributed by atoms with Crippen LogP contribution in [0.4, 0.5) is 5.95 Å². The minimum absolute atomic E-state index is 0.588. The van der Waals surface area contributed by atoms with Gasteiger partial charge in [0.1, 0.15) is 0 Å². The van der Waals surface area contributed by atoms with E-state index < -0.39 is 0 Å². The van der Waals surface area contributed by atoms with E-state index in [1.54, 1.807) is 12.4 Å². The molecule has 0 aliphatic rings. The first-order valence-electron chi connectivity index (χ1n) is 5.66. The van der Waals surface area contributed by atoms with Gasteiger partial charge in [-0.1, -0.05) is 30.3 Å². The number of rotatable bonds is 5. The van der Waals surface area contributed by atoms with Crippen LogP contribution in [0.2, 0.25) is 0 Å². The molecule has 0 atom stereocenters. The van der Waals surface area contributed by atoms with Crippen LogP contribution in [0.15, 0.2) is 48.8 Å². The van der Waals surface area contributed by atoms with E-state index in [0.717, 1.165) is 19.0 Å². The minimum atomic E-state index is 0.588. The van der Waals surface area contributed by atoms with Gasteiger partial charge in [-0.25, -0.2) is 9.97 Å². The van der Waals surface area contributed by atoms with Gasteiger partial charge in [-0.05, 0) is 11.6 Å². The summed E-state index contributed by atoms with van der Waals surface area (Å²) >= 11 is 0. The molecule has 0 radical (unpaired) electrons. The molecule has 0 bridgehead atoms. The summed E-state index contributed by atoms with van der Waals surface area (Å²) < 4.78 is 0. The fraction of sp³-hybridized carbons (Fsp3) is 0.231. The zero-order chi connectivity index (χ0) is 11.9. The highest BCUT2D eigenvalue weighted by atomic mass is 15.2. The quantitative estimate of drug-likeness (QED) is 0.841. The normalized spacial score (nSPS) is 10.2. The third-order valence-corrected chi connectivity index (χ3v) is 2.45. The lowest BCUT2D eigenvalue weighted by atomic mass is 10.2. The predicted molar refractivity (Wildman–Crippen MR) is 68.6 cm³/mol. The number of benzene rings is 1. The van der Waals surface area contributed by atoms with E-state index in [0.29, 0.717) is 6.54 Å². The second kappa shape index (κ2) is 5.96. The third kappa shape index (κ3) is 3.26. The van der Waals surface area contributed by atoms with Gasteiger partial charge in [-0.15, -0.1) is 0 Å². The van der Waals surface area contributed by atoms with Gasteiger partial charge in [0, 0.05) is 32.0 Å². The van der Waals surface area contributed by atoms with Crippen molar-refractivity contribution in [3.63, 3.8) is 0 Å². The SMILES string of the molecule is NCCN(Cc1ccccc1)c1ncccn1. The zero-order valence-corrected chi connectivity index (χ0v) is 9.66. The predicted octanol–water partition coefficient (Wildman–Crippen LogP) is 1.44. The molecule has 2 N–H and O–H groups in total. The van der Waals surface area contributed by atoms with E-state index in [1.165, 1.54) is 5.56 Å². The van der Waals surface area contributed by atoms with E-state index in [9.17, 15) is 0 Å². The van der Waals surface area contributed by atoms with E-state index >= 15 is 0 Å². The summed E-state index contributed by atoms with van der Waals surface area (Å²) in [6, 6.07) is 12.1. The maximum atomic E-state index is 5.62. The molecule has 2 aromatic rings. The van der Waals surface area contributed by atoms with E-state index in [-0.39, 0.29) is 0 Å². The Labute approximate surface area is 101 Å². The Morgan fingerprint density at radius 1 is 1.00 bits per heavy atom. The van der Waals surface area contributed by atoms with Crippen molar-refractivity contribution >= 4 is 5.95 Å². The second-order valence-corrected chi connectivity index (χ2v) is 3.74. The maximum absolute atomic E-state index is 5.62. The highest BCUT2D eigenvalue weighted by molar-refractivity contribution is 5.31. The zero-order valence-electron chi connectivity index (χ0n) is 9.66. The van der Waals surface area contributed by atoms with Gasteiger partial charge >= 0.3 is 0 Å². The molecule has 0 aliphatic heterocycles. The number of anilines is 1. The summed E-state index contributed by atoms with van der Waals surface area (Å²) in [5, 5.41) is 0. The summed E-state index contributed by atoms with van der Waals surface area (Å²) in [6.07, 6.45) is 3.49. The third-order valence-electron chi connectivity index (χ3n) is 2.45. The number of nitrogens with zero attached hydrogens (tertiary/aromatic N) is 3. The monoisotopic (exact) mass is 228 g/mol. The van der Waals surface area contributed by atoms with Gasteiger partial charge < -0.3 is 10.6 Å². The standard InChI is InChI=1S/C13H16N4/c14-7-10-17(13-15-8-4-9-16-13)11-12-5-2-1-3-6-12/h1-6,8-9H,7,10-11,14H2. The van der Waals surface area contributed by atoms with Crippen molar-refractivity contribution in [3.05, 3.63) is 54.4 Å².